The smallest absolute Gasteiger partial charge is 0.273 e. The second-order valence-electron chi connectivity index (χ2n) is 3.67. The van der Waals surface area contributed by atoms with Gasteiger partial charge in [-0.05, 0) is 19.1 Å². The Morgan fingerprint density at radius 2 is 2.16 bits per heavy atom. The lowest BCUT2D eigenvalue weighted by molar-refractivity contribution is 0.101. The molecular weight excluding hydrogens is 308 g/mol. The van der Waals surface area contributed by atoms with Crippen molar-refractivity contribution in [3.63, 3.8) is 0 Å². The minimum absolute atomic E-state index is 0.0192. The highest BCUT2D eigenvalue weighted by Gasteiger charge is 2.18. The number of benzene rings is 1. The monoisotopic (exact) mass is 316 g/mol. The summed E-state index contributed by atoms with van der Waals surface area (Å²) < 4.78 is 26.6. The van der Waals surface area contributed by atoms with Crippen molar-refractivity contribution in [1.82, 2.24) is 4.98 Å². The lowest BCUT2D eigenvalue weighted by atomic mass is 10.1. The van der Waals surface area contributed by atoms with Gasteiger partial charge in [-0.2, -0.15) is 0 Å². The molecule has 0 saturated heterocycles. The number of Topliss-reactive ketones (excluding diaryl/α,β-unsaturated/α-hetero) is 1. The van der Waals surface area contributed by atoms with Crippen molar-refractivity contribution in [2.45, 2.75) is 11.1 Å². The Bertz CT molecular complexity index is 725. The number of hydrogen-bond donors (Lipinski definition) is 1. The van der Waals surface area contributed by atoms with Crippen LogP contribution in [0, 0.1) is 0 Å². The van der Waals surface area contributed by atoms with Gasteiger partial charge in [0, 0.05) is 11.3 Å². The third-order valence-corrected chi connectivity index (χ3v) is 5.20. The molecular formula is C11H9ClN2O3S2. The number of sulfonamides is 1. The van der Waals surface area contributed by atoms with Crippen molar-refractivity contribution in [3.8, 4) is 0 Å². The molecule has 19 heavy (non-hydrogen) atoms. The Morgan fingerprint density at radius 3 is 2.74 bits per heavy atom. The Labute approximate surface area is 119 Å². The van der Waals surface area contributed by atoms with Crippen molar-refractivity contribution in [1.29, 1.82) is 0 Å². The van der Waals surface area contributed by atoms with E-state index in [2.05, 4.69) is 9.71 Å². The standard InChI is InChI=1S/C11H9ClN2O3S2/c1-7(15)8-3-2-4-9(5-8)14-19(16,17)10-6-13-11(12)18-10/h2-6,14H,1H3. The van der Waals surface area contributed by atoms with Gasteiger partial charge in [0.05, 0.1) is 6.20 Å². The summed E-state index contributed by atoms with van der Waals surface area (Å²) in [5, 5.41) is 0. The molecule has 100 valence electrons. The molecule has 0 bridgehead atoms. The molecule has 0 atom stereocenters. The van der Waals surface area contributed by atoms with Crippen LogP contribution in [0.3, 0.4) is 0 Å². The van der Waals surface area contributed by atoms with E-state index in [1.165, 1.54) is 19.2 Å². The molecule has 0 aliphatic carbocycles. The molecule has 0 radical (unpaired) electrons. The summed E-state index contributed by atoms with van der Waals surface area (Å²) in [4.78, 5) is 14.9. The Morgan fingerprint density at radius 1 is 1.42 bits per heavy atom. The molecule has 1 aromatic heterocycles. The third-order valence-electron chi connectivity index (χ3n) is 2.24. The zero-order chi connectivity index (χ0) is 14.0. The maximum atomic E-state index is 12.0. The van der Waals surface area contributed by atoms with Crippen LogP contribution in [0.25, 0.3) is 0 Å². The molecule has 0 fully saturated rings. The van der Waals surface area contributed by atoms with E-state index in [9.17, 15) is 13.2 Å². The fourth-order valence-electron chi connectivity index (χ4n) is 1.37. The van der Waals surface area contributed by atoms with E-state index in [0.29, 0.717) is 11.3 Å². The molecule has 0 amide bonds. The Kier molecular flexibility index (Phi) is 3.88. The molecule has 1 heterocycles. The van der Waals surface area contributed by atoms with Gasteiger partial charge in [-0.1, -0.05) is 35.1 Å². The van der Waals surface area contributed by atoms with Crippen LogP contribution in [0.4, 0.5) is 5.69 Å². The van der Waals surface area contributed by atoms with E-state index in [1.54, 1.807) is 18.2 Å². The van der Waals surface area contributed by atoms with Crippen molar-refractivity contribution >= 4 is 44.4 Å². The van der Waals surface area contributed by atoms with Gasteiger partial charge in [0.25, 0.3) is 10.0 Å². The summed E-state index contributed by atoms with van der Waals surface area (Å²) in [5.74, 6) is -0.137. The number of ketones is 1. The number of thiazole rings is 1. The minimum atomic E-state index is -3.72. The summed E-state index contributed by atoms with van der Waals surface area (Å²) in [6.45, 7) is 1.41. The Hall–Kier alpha value is -1.44. The van der Waals surface area contributed by atoms with Gasteiger partial charge in [-0.3, -0.25) is 9.52 Å². The van der Waals surface area contributed by atoms with Gasteiger partial charge in [-0.15, -0.1) is 0 Å². The van der Waals surface area contributed by atoms with Gasteiger partial charge in [0.2, 0.25) is 0 Å². The average molecular weight is 317 g/mol. The second-order valence-corrected chi connectivity index (χ2v) is 7.20. The molecule has 2 rings (SSSR count). The lowest BCUT2D eigenvalue weighted by Gasteiger charge is -2.06. The normalized spacial score (nSPS) is 11.3. The van der Waals surface area contributed by atoms with E-state index in [0.717, 1.165) is 11.3 Å². The van der Waals surface area contributed by atoms with Gasteiger partial charge in [0.1, 0.15) is 0 Å². The van der Waals surface area contributed by atoms with E-state index in [-0.39, 0.29) is 14.5 Å². The fraction of sp³-hybridized carbons (Fsp3) is 0.0909. The number of carbonyl (C=O) groups excluding carboxylic acids is 1. The van der Waals surface area contributed by atoms with Crippen molar-refractivity contribution in [2.75, 3.05) is 4.72 Å². The number of aromatic nitrogens is 1. The minimum Gasteiger partial charge on any atom is -0.295 e. The van der Waals surface area contributed by atoms with Gasteiger partial charge < -0.3 is 0 Å². The summed E-state index contributed by atoms with van der Waals surface area (Å²) in [5.41, 5.74) is 0.750. The molecule has 5 nitrogen and oxygen atoms in total. The number of nitrogens with one attached hydrogen (secondary N) is 1. The van der Waals surface area contributed by atoms with Gasteiger partial charge in [0.15, 0.2) is 14.5 Å². The first-order valence-electron chi connectivity index (χ1n) is 5.13. The van der Waals surface area contributed by atoms with E-state index in [4.69, 9.17) is 11.6 Å². The number of halogens is 1. The zero-order valence-corrected chi connectivity index (χ0v) is 12.1. The van der Waals surface area contributed by atoms with Crippen LogP contribution in [0.15, 0.2) is 34.7 Å². The first-order valence-corrected chi connectivity index (χ1v) is 7.81. The average Bonchev–Trinajstić information content (AvgIpc) is 2.76. The highest BCUT2D eigenvalue weighted by Crippen LogP contribution is 2.24. The first kappa shape index (κ1) is 14.0. The molecule has 8 heteroatoms. The van der Waals surface area contributed by atoms with E-state index < -0.39 is 10.0 Å². The number of carbonyl (C=O) groups is 1. The highest BCUT2D eigenvalue weighted by atomic mass is 35.5. The molecule has 0 unspecified atom stereocenters. The summed E-state index contributed by atoms with van der Waals surface area (Å²) in [7, 11) is -3.72. The Balaban J connectivity index is 2.30. The second kappa shape index (κ2) is 5.28. The SMILES string of the molecule is CC(=O)c1cccc(NS(=O)(=O)c2cnc(Cl)s2)c1. The number of rotatable bonds is 4. The highest BCUT2D eigenvalue weighted by molar-refractivity contribution is 7.94. The molecule has 2 aromatic rings. The maximum absolute atomic E-state index is 12.0. The van der Waals surface area contributed by atoms with Crippen LogP contribution in [0.5, 0.6) is 0 Å². The first-order chi connectivity index (χ1) is 8.88. The number of anilines is 1. The zero-order valence-electron chi connectivity index (χ0n) is 9.75. The summed E-state index contributed by atoms with van der Waals surface area (Å²) in [6.07, 6.45) is 1.18. The topological polar surface area (TPSA) is 76.1 Å². The van der Waals surface area contributed by atoms with Crippen molar-refractivity contribution in [3.05, 3.63) is 40.5 Å². The molecule has 0 saturated carbocycles. The molecule has 0 aliphatic rings. The van der Waals surface area contributed by atoms with Gasteiger partial charge in [-0.25, -0.2) is 13.4 Å². The summed E-state index contributed by atoms with van der Waals surface area (Å²) in [6, 6.07) is 6.26. The van der Waals surface area contributed by atoms with Crippen molar-refractivity contribution in [2.24, 2.45) is 0 Å². The fourth-order valence-corrected chi connectivity index (χ4v) is 3.71. The van der Waals surface area contributed by atoms with Crippen LogP contribution >= 0.6 is 22.9 Å². The predicted octanol–water partition coefficient (Wildman–Crippen LogP) is 2.80. The van der Waals surface area contributed by atoms with E-state index >= 15 is 0 Å². The predicted molar refractivity (Wildman–Crippen MR) is 74.4 cm³/mol. The van der Waals surface area contributed by atoms with Crippen molar-refractivity contribution < 1.29 is 13.2 Å². The number of hydrogen-bond acceptors (Lipinski definition) is 5. The maximum Gasteiger partial charge on any atom is 0.273 e. The summed E-state index contributed by atoms with van der Waals surface area (Å²) >= 11 is 6.47. The number of nitrogens with zero attached hydrogens (tertiary/aromatic N) is 1. The molecule has 0 spiro atoms. The molecule has 0 aliphatic heterocycles. The van der Waals surface area contributed by atoms with Crippen LogP contribution in [-0.2, 0) is 10.0 Å². The van der Waals surface area contributed by atoms with Crippen LogP contribution in [-0.4, -0.2) is 19.2 Å². The van der Waals surface area contributed by atoms with Gasteiger partial charge >= 0.3 is 0 Å². The van der Waals surface area contributed by atoms with E-state index in [1.807, 2.05) is 0 Å². The molecule has 1 N–H and O–H groups in total. The van der Waals surface area contributed by atoms with Crippen LogP contribution in [0.1, 0.15) is 17.3 Å². The molecule has 1 aromatic carbocycles. The van der Waals surface area contributed by atoms with Crippen LogP contribution in [0.2, 0.25) is 4.47 Å². The quantitative estimate of drug-likeness (QED) is 0.880. The lowest BCUT2D eigenvalue weighted by Crippen LogP contribution is -2.11. The largest absolute Gasteiger partial charge is 0.295 e. The third kappa shape index (κ3) is 3.31. The van der Waals surface area contributed by atoms with Crippen LogP contribution < -0.4 is 4.72 Å².